The lowest BCUT2D eigenvalue weighted by atomic mass is 10.00. The van der Waals surface area contributed by atoms with Crippen molar-refractivity contribution in [2.45, 2.75) is 24.6 Å². The van der Waals surface area contributed by atoms with Crippen LogP contribution >= 0.6 is 0 Å². The SMILES string of the molecule is Oc1ccc(C2(O)CC2)c(C(F)(F)F)c1. The van der Waals surface area contributed by atoms with Gasteiger partial charge in [-0.25, -0.2) is 0 Å². The van der Waals surface area contributed by atoms with Gasteiger partial charge < -0.3 is 10.2 Å². The Morgan fingerprint density at radius 3 is 2.27 bits per heavy atom. The molecule has 0 amide bonds. The zero-order chi connectivity index (χ0) is 11.3. The van der Waals surface area contributed by atoms with E-state index in [0.717, 1.165) is 12.1 Å². The summed E-state index contributed by atoms with van der Waals surface area (Å²) in [5, 5.41) is 18.7. The maximum Gasteiger partial charge on any atom is 0.416 e. The van der Waals surface area contributed by atoms with E-state index in [0.29, 0.717) is 18.9 Å². The Labute approximate surface area is 84.0 Å². The minimum absolute atomic E-state index is 0.146. The van der Waals surface area contributed by atoms with Gasteiger partial charge in [0.15, 0.2) is 0 Å². The van der Waals surface area contributed by atoms with E-state index < -0.39 is 23.1 Å². The van der Waals surface area contributed by atoms with Crippen LogP contribution in [-0.2, 0) is 11.8 Å². The number of aromatic hydroxyl groups is 1. The lowest BCUT2D eigenvalue weighted by Gasteiger charge is -2.16. The molecule has 82 valence electrons. The smallest absolute Gasteiger partial charge is 0.416 e. The first-order valence-electron chi connectivity index (χ1n) is 4.46. The summed E-state index contributed by atoms with van der Waals surface area (Å²) >= 11 is 0. The number of alkyl halides is 3. The van der Waals surface area contributed by atoms with Gasteiger partial charge in [0.1, 0.15) is 5.75 Å². The predicted octanol–water partition coefficient (Wildman–Crippen LogP) is 2.39. The number of aliphatic hydroxyl groups is 1. The number of rotatable bonds is 1. The monoisotopic (exact) mass is 218 g/mol. The molecule has 1 aliphatic rings. The Morgan fingerprint density at radius 1 is 1.20 bits per heavy atom. The van der Waals surface area contributed by atoms with Crippen molar-refractivity contribution in [2.75, 3.05) is 0 Å². The van der Waals surface area contributed by atoms with Crippen LogP contribution < -0.4 is 0 Å². The summed E-state index contributed by atoms with van der Waals surface area (Å²) in [7, 11) is 0. The number of halogens is 3. The molecule has 1 aliphatic carbocycles. The van der Waals surface area contributed by atoms with Crippen molar-refractivity contribution in [3.63, 3.8) is 0 Å². The molecule has 15 heavy (non-hydrogen) atoms. The molecule has 0 unspecified atom stereocenters. The summed E-state index contributed by atoms with van der Waals surface area (Å²) in [6.07, 6.45) is -3.88. The fourth-order valence-corrected chi connectivity index (χ4v) is 1.56. The van der Waals surface area contributed by atoms with E-state index in [1.54, 1.807) is 0 Å². The van der Waals surface area contributed by atoms with Gasteiger partial charge in [-0.15, -0.1) is 0 Å². The third-order valence-corrected chi connectivity index (χ3v) is 2.53. The Morgan fingerprint density at radius 2 is 1.80 bits per heavy atom. The van der Waals surface area contributed by atoms with Crippen molar-refractivity contribution >= 4 is 0 Å². The maximum atomic E-state index is 12.6. The molecule has 5 heteroatoms. The molecule has 0 spiro atoms. The summed E-state index contributed by atoms with van der Waals surface area (Å²) in [6.45, 7) is 0. The number of hydrogen-bond acceptors (Lipinski definition) is 2. The van der Waals surface area contributed by atoms with E-state index in [1.165, 1.54) is 0 Å². The van der Waals surface area contributed by atoms with Crippen molar-refractivity contribution < 1.29 is 23.4 Å². The maximum absolute atomic E-state index is 12.6. The van der Waals surface area contributed by atoms with Gasteiger partial charge in [-0.1, -0.05) is 6.07 Å². The van der Waals surface area contributed by atoms with Crippen LogP contribution in [-0.4, -0.2) is 10.2 Å². The lowest BCUT2D eigenvalue weighted by Crippen LogP contribution is -2.15. The van der Waals surface area contributed by atoms with E-state index in [4.69, 9.17) is 5.11 Å². The van der Waals surface area contributed by atoms with Crippen molar-refractivity contribution in [2.24, 2.45) is 0 Å². The molecular formula is C10H9F3O2. The number of phenols is 1. The molecule has 0 atom stereocenters. The number of benzene rings is 1. The Bertz CT molecular complexity index is 394. The molecule has 2 rings (SSSR count). The zero-order valence-corrected chi connectivity index (χ0v) is 7.67. The van der Waals surface area contributed by atoms with Crippen LogP contribution in [0.1, 0.15) is 24.0 Å². The highest BCUT2D eigenvalue weighted by atomic mass is 19.4. The molecule has 0 heterocycles. The van der Waals surface area contributed by atoms with Crippen LogP contribution in [0.25, 0.3) is 0 Å². The molecule has 2 nitrogen and oxygen atoms in total. The molecule has 1 aromatic carbocycles. The van der Waals surface area contributed by atoms with Crippen LogP contribution in [0, 0.1) is 0 Å². The van der Waals surface area contributed by atoms with Crippen LogP contribution in [0.3, 0.4) is 0 Å². The van der Waals surface area contributed by atoms with Crippen molar-refractivity contribution in [1.29, 1.82) is 0 Å². The summed E-state index contributed by atoms with van der Waals surface area (Å²) in [6, 6.07) is 2.93. The molecule has 0 bridgehead atoms. The van der Waals surface area contributed by atoms with Crippen molar-refractivity contribution in [3.05, 3.63) is 29.3 Å². The first-order valence-corrected chi connectivity index (χ1v) is 4.46. The fourth-order valence-electron chi connectivity index (χ4n) is 1.56. The molecule has 0 radical (unpaired) electrons. The van der Waals surface area contributed by atoms with E-state index in [1.807, 2.05) is 0 Å². The molecule has 0 aromatic heterocycles. The van der Waals surface area contributed by atoms with Gasteiger partial charge in [-0.2, -0.15) is 13.2 Å². The van der Waals surface area contributed by atoms with Gasteiger partial charge in [-0.3, -0.25) is 0 Å². The second-order valence-electron chi connectivity index (χ2n) is 3.76. The standard InChI is InChI=1S/C10H9F3O2/c11-10(12,13)8-5-6(14)1-2-7(8)9(15)3-4-9/h1-2,5,14-15H,3-4H2. The average Bonchev–Trinajstić information content (AvgIpc) is 2.83. The topological polar surface area (TPSA) is 40.5 Å². The Kier molecular flexibility index (Phi) is 1.98. The quantitative estimate of drug-likeness (QED) is 0.759. The summed E-state index contributed by atoms with van der Waals surface area (Å²) in [4.78, 5) is 0. The van der Waals surface area contributed by atoms with Gasteiger partial charge in [0, 0.05) is 0 Å². The van der Waals surface area contributed by atoms with E-state index >= 15 is 0 Å². The largest absolute Gasteiger partial charge is 0.508 e. The summed E-state index contributed by atoms with van der Waals surface area (Å²) in [5.74, 6) is -0.449. The number of phenolic OH excluding ortho intramolecular Hbond substituents is 1. The molecular weight excluding hydrogens is 209 g/mol. The van der Waals surface area contributed by atoms with E-state index in [2.05, 4.69) is 0 Å². The molecule has 1 saturated carbocycles. The van der Waals surface area contributed by atoms with Gasteiger partial charge in [-0.05, 0) is 30.5 Å². The first kappa shape index (κ1) is 10.3. The van der Waals surface area contributed by atoms with Crippen LogP contribution in [0.4, 0.5) is 13.2 Å². The highest BCUT2D eigenvalue weighted by molar-refractivity contribution is 5.42. The second-order valence-corrected chi connectivity index (χ2v) is 3.76. The molecule has 1 aromatic rings. The molecule has 0 saturated heterocycles. The minimum atomic E-state index is -4.55. The molecule has 2 N–H and O–H groups in total. The van der Waals surface area contributed by atoms with Gasteiger partial charge >= 0.3 is 6.18 Å². The normalized spacial score (nSPS) is 18.9. The minimum Gasteiger partial charge on any atom is -0.508 e. The summed E-state index contributed by atoms with van der Waals surface area (Å²) < 4.78 is 37.7. The fraction of sp³-hybridized carbons (Fsp3) is 0.400. The van der Waals surface area contributed by atoms with E-state index in [-0.39, 0.29) is 5.56 Å². The highest BCUT2D eigenvalue weighted by Crippen LogP contribution is 2.50. The second kappa shape index (κ2) is 2.88. The van der Waals surface area contributed by atoms with Crippen molar-refractivity contribution in [1.82, 2.24) is 0 Å². The van der Waals surface area contributed by atoms with Crippen LogP contribution in [0.15, 0.2) is 18.2 Å². The highest BCUT2D eigenvalue weighted by Gasteiger charge is 2.48. The van der Waals surface area contributed by atoms with E-state index in [9.17, 15) is 18.3 Å². The van der Waals surface area contributed by atoms with Gasteiger partial charge in [0.05, 0.1) is 11.2 Å². The zero-order valence-electron chi connectivity index (χ0n) is 7.67. The Balaban J connectivity index is 2.55. The third kappa shape index (κ3) is 1.79. The third-order valence-electron chi connectivity index (χ3n) is 2.53. The van der Waals surface area contributed by atoms with Gasteiger partial charge in [0.25, 0.3) is 0 Å². The molecule has 0 aliphatic heterocycles. The Hall–Kier alpha value is -1.23. The van der Waals surface area contributed by atoms with Crippen LogP contribution in [0.5, 0.6) is 5.75 Å². The number of hydrogen-bond donors (Lipinski definition) is 2. The lowest BCUT2D eigenvalue weighted by molar-refractivity contribution is -0.139. The first-order chi connectivity index (χ1) is 6.83. The van der Waals surface area contributed by atoms with Crippen molar-refractivity contribution in [3.8, 4) is 5.75 Å². The summed E-state index contributed by atoms with van der Waals surface area (Å²) in [5.41, 5.74) is -2.45. The molecule has 1 fully saturated rings. The predicted molar refractivity (Wildman–Crippen MR) is 46.2 cm³/mol. The average molecular weight is 218 g/mol. The van der Waals surface area contributed by atoms with Gasteiger partial charge in [0.2, 0.25) is 0 Å². The van der Waals surface area contributed by atoms with Crippen LogP contribution in [0.2, 0.25) is 0 Å².